The van der Waals surface area contributed by atoms with E-state index in [1.807, 2.05) is 19.2 Å². The van der Waals surface area contributed by atoms with E-state index >= 15 is 0 Å². The van der Waals surface area contributed by atoms with Crippen LogP contribution in [0.15, 0.2) is 23.6 Å². The standard InChI is InChI=1S/C14H16N2O3S/c1-3-18-13-10(5-4-6-11(13)15)14(17)19-7-12-16-9(2)8-20-12/h4-6,8H,3,7,15H2,1-2H3. The van der Waals surface area contributed by atoms with Crippen LogP contribution in [0, 0.1) is 6.92 Å². The number of thiazole rings is 1. The third-order valence-corrected chi connectivity index (χ3v) is 3.49. The average Bonchev–Trinajstić information content (AvgIpc) is 2.84. The van der Waals surface area contributed by atoms with Gasteiger partial charge in [-0.2, -0.15) is 0 Å². The van der Waals surface area contributed by atoms with Gasteiger partial charge in [0.2, 0.25) is 0 Å². The first-order valence-corrected chi connectivity index (χ1v) is 7.09. The van der Waals surface area contributed by atoms with Gasteiger partial charge in [0.1, 0.15) is 17.2 Å². The summed E-state index contributed by atoms with van der Waals surface area (Å²) in [5.41, 5.74) is 7.49. The van der Waals surface area contributed by atoms with Crippen molar-refractivity contribution in [1.29, 1.82) is 0 Å². The summed E-state index contributed by atoms with van der Waals surface area (Å²) in [4.78, 5) is 16.3. The Labute approximate surface area is 121 Å². The minimum atomic E-state index is -0.464. The zero-order chi connectivity index (χ0) is 14.5. The molecule has 0 aliphatic heterocycles. The van der Waals surface area contributed by atoms with Crippen LogP contribution < -0.4 is 10.5 Å². The van der Waals surface area contributed by atoms with Crippen molar-refractivity contribution in [2.45, 2.75) is 20.5 Å². The van der Waals surface area contributed by atoms with E-state index in [4.69, 9.17) is 15.2 Å². The van der Waals surface area contributed by atoms with Gasteiger partial charge in [-0.3, -0.25) is 0 Å². The smallest absolute Gasteiger partial charge is 0.342 e. The van der Waals surface area contributed by atoms with Crippen molar-refractivity contribution in [2.75, 3.05) is 12.3 Å². The van der Waals surface area contributed by atoms with Gasteiger partial charge >= 0.3 is 5.97 Å². The molecule has 0 amide bonds. The van der Waals surface area contributed by atoms with Gasteiger partial charge in [0.25, 0.3) is 0 Å². The fraction of sp³-hybridized carbons (Fsp3) is 0.286. The second-order valence-corrected chi connectivity index (χ2v) is 5.06. The topological polar surface area (TPSA) is 74.4 Å². The molecule has 1 aromatic carbocycles. The number of carbonyl (C=O) groups excluding carboxylic acids is 1. The number of carbonyl (C=O) groups is 1. The molecule has 20 heavy (non-hydrogen) atoms. The molecule has 0 aliphatic carbocycles. The maximum Gasteiger partial charge on any atom is 0.342 e. The molecule has 0 atom stereocenters. The maximum atomic E-state index is 12.1. The molecule has 0 saturated heterocycles. The molecular weight excluding hydrogens is 276 g/mol. The molecule has 0 unspecified atom stereocenters. The molecule has 0 fully saturated rings. The SMILES string of the molecule is CCOc1c(N)cccc1C(=O)OCc1nc(C)cs1. The van der Waals surface area contributed by atoms with Gasteiger partial charge in [-0.15, -0.1) is 11.3 Å². The van der Waals surface area contributed by atoms with Crippen LogP contribution in [0.2, 0.25) is 0 Å². The third-order valence-electron chi connectivity index (χ3n) is 2.55. The van der Waals surface area contributed by atoms with Crippen LogP contribution in [0.5, 0.6) is 5.75 Å². The summed E-state index contributed by atoms with van der Waals surface area (Å²) in [6.45, 7) is 4.31. The van der Waals surface area contributed by atoms with Crippen molar-refractivity contribution in [3.05, 3.63) is 39.8 Å². The van der Waals surface area contributed by atoms with Gasteiger partial charge in [-0.05, 0) is 26.0 Å². The average molecular weight is 292 g/mol. The number of ether oxygens (including phenoxy) is 2. The highest BCUT2D eigenvalue weighted by molar-refractivity contribution is 7.09. The number of rotatable bonds is 5. The first kappa shape index (κ1) is 14.3. The summed E-state index contributed by atoms with van der Waals surface area (Å²) in [6.07, 6.45) is 0. The molecule has 0 bridgehead atoms. The van der Waals surface area contributed by atoms with Crippen LogP contribution in [-0.4, -0.2) is 17.6 Å². The number of para-hydroxylation sites is 1. The number of anilines is 1. The first-order chi connectivity index (χ1) is 9.61. The summed E-state index contributed by atoms with van der Waals surface area (Å²) in [5, 5.41) is 2.67. The molecule has 1 aromatic heterocycles. The van der Waals surface area contributed by atoms with Crippen LogP contribution in [-0.2, 0) is 11.3 Å². The Morgan fingerprint density at radius 1 is 1.45 bits per heavy atom. The molecular formula is C14H16N2O3S. The van der Waals surface area contributed by atoms with Gasteiger partial charge in [0, 0.05) is 11.1 Å². The summed E-state index contributed by atoms with van der Waals surface area (Å²) >= 11 is 1.46. The number of hydrogen-bond acceptors (Lipinski definition) is 6. The van der Waals surface area contributed by atoms with Crippen LogP contribution in [0.4, 0.5) is 5.69 Å². The lowest BCUT2D eigenvalue weighted by atomic mass is 10.2. The summed E-state index contributed by atoms with van der Waals surface area (Å²) in [6, 6.07) is 5.02. The number of aryl methyl sites for hydroxylation is 1. The van der Waals surface area contributed by atoms with Crippen LogP contribution in [0.1, 0.15) is 28.0 Å². The molecule has 2 N–H and O–H groups in total. The molecule has 0 aliphatic rings. The van der Waals surface area contributed by atoms with E-state index < -0.39 is 5.97 Å². The molecule has 6 heteroatoms. The van der Waals surface area contributed by atoms with E-state index in [1.165, 1.54) is 11.3 Å². The van der Waals surface area contributed by atoms with Gasteiger partial charge in [-0.1, -0.05) is 6.07 Å². The summed E-state index contributed by atoms with van der Waals surface area (Å²) in [5.74, 6) is -0.0936. The van der Waals surface area contributed by atoms with Crippen LogP contribution in [0.3, 0.4) is 0 Å². The number of nitrogen functional groups attached to an aromatic ring is 1. The van der Waals surface area contributed by atoms with Crippen LogP contribution >= 0.6 is 11.3 Å². The monoisotopic (exact) mass is 292 g/mol. The summed E-state index contributed by atoms with van der Waals surface area (Å²) < 4.78 is 10.6. The third kappa shape index (κ3) is 3.27. The lowest BCUT2D eigenvalue weighted by molar-refractivity contribution is 0.0468. The molecule has 2 aromatic rings. The predicted octanol–water partition coefficient (Wildman–Crippen LogP) is 2.79. The zero-order valence-electron chi connectivity index (χ0n) is 11.4. The van der Waals surface area contributed by atoms with Crippen molar-refractivity contribution in [3.8, 4) is 5.75 Å². The van der Waals surface area contributed by atoms with Gasteiger partial charge in [0.15, 0.2) is 5.75 Å². The Balaban J connectivity index is 2.10. The van der Waals surface area contributed by atoms with Gasteiger partial charge < -0.3 is 15.2 Å². The Bertz CT molecular complexity index is 610. The summed E-state index contributed by atoms with van der Waals surface area (Å²) in [7, 11) is 0. The van der Waals surface area contributed by atoms with Crippen molar-refractivity contribution in [3.63, 3.8) is 0 Å². The molecule has 0 spiro atoms. The van der Waals surface area contributed by atoms with Crippen molar-refractivity contribution < 1.29 is 14.3 Å². The number of nitrogens with two attached hydrogens (primary N) is 1. The van der Waals surface area contributed by atoms with Gasteiger partial charge in [-0.25, -0.2) is 9.78 Å². The zero-order valence-corrected chi connectivity index (χ0v) is 12.2. The number of aromatic nitrogens is 1. The van der Waals surface area contributed by atoms with E-state index in [1.54, 1.807) is 18.2 Å². The normalized spacial score (nSPS) is 10.3. The fourth-order valence-corrected chi connectivity index (χ4v) is 2.38. The minimum absolute atomic E-state index is 0.151. The Morgan fingerprint density at radius 2 is 2.25 bits per heavy atom. The van der Waals surface area contributed by atoms with E-state index in [9.17, 15) is 4.79 Å². The highest BCUT2D eigenvalue weighted by atomic mass is 32.1. The number of benzene rings is 1. The lowest BCUT2D eigenvalue weighted by Gasteiger charge is -2.11. The van der Waals surface area contributed by atoms with Crippen molar-refractivity contribution in [1.82, 2.24) is 4.98 Å². The molecule has 106 valence electrons. The number of hydrogen-bond donors (Lipinski definition) is 1. The highest BCUT2D eigenvalue weighted by Crippen LogP contribution is 2.27. The molecule has 5 nitrogen and oxygen atoms in total. The molecule has 2 rings (SSSR count). The minimum Gasteiger partial charge on any atom is -0.491 e. The fourth-order valence-electron chi connectivity index (χ4n) is 1.70. The van der Waals surface area contributed by atoms with E-state index in [0.717, 1.165) is 10.7 Å². The number of nitrogens with zero attached hydrogens (tertiary/aromatic N) is 1. The Kier molecular flexibility index (Phi) is 4.57. The maximum absolute atomic E-state index is 12.1. The van der Waals surface area contributed by atoms with Gasteiger partial charge in [0.05, 0.1) is 12.3 Å². The highest BCUT2D eigenvalue weighted by Gasteiger charge is 2.16. The largest absolute Gasteiger partial charge is 0.491 e. The molecule has 1 heterocycles. The molecule has 0 saturated carbocycles. The van der Waals surface area contributed by atoms with E-state index in [2.05, 4.69) is 4.98 Å². The first-order valence-electron chi connectivity index (χ1n) is 6.21. The Hall–Kier alpha value is -2.08. The molecule has 0 radical (unpaired) electrons. The second-order valence-electron chi connectivity index (χ2n) is 4.12. The van der Waals surface area contributed by atoms with Crippen molar-refractivity contribution >= 4 is 23.0 Å². The van der Waals surface area contributed by atoms with E-state index in [-0.39, 0.29) is 6.61 Å². The van der Waals surface area contributed by atoms with Crippen LogP contribution in [0.25, 0.3) is 0 Å². The van der Waals surface area contributed by atoms with E-state index in [0.29, 0.717) is 23.6 Å². The second kappa shape index (κ2) is 6.38. The number of esters is 1. The quantitative estimate of drug-likeness (QED) is 0.677. The van der Waals surface area contributed by atoms with Crippen molar-refractivity contribution in [2.24, 2.45) is 0 Å². The lowest BCUT2D eigenvalue weighted by Crippen LogP contribution is -2.09. The Morgan fingerprint density at radius 3 is 2.90 bits per heavy atom. The predicted molar refractivity (Wildman–Crippen MR) is 78.0 cm³/mol.